The standard InChI is InChI=1S/C25H45N3O9/c1-13(2)10-15(20(30)27-16(22(32)33)11-14(3)4)26-21(31)18(28-23(34)37-24(5,6)7)19-17(12-29)35-25(8,9)36-19/h13-19,29H,10-12H2,1-9H3,(H,26,31)(H,27,30)(H,28,34)(H,32,33)/t15-,16-,17-,18-,19+/m0/s1. The predicted octanol–water partition coefficient (Wildman–Crippen LogP) is 1.54. The normalized spacial score (nSPS) is 21.7. The number of aliphatic hydroxyl groups excluding tert-OH is 1. The summed E-state index contributed by atoms with van der Waals surface area (Å²) in [4.78, 5) is 50.9. The van der Waals surface area contributed by atoms with Gasteiger partial charge in [0.15, 0.2) is 5.79 Å². The van der Waals surface area contributed by atoms with Crippen LogP contribution in [0.25, 0.3) is 0 Å². The van der Waals surface area contributed by atoms with E-state index >= 15 is 0 Å². The SMILES string of the molecule is CC(C)C[C@H](NC(=O)[C@H](CC(C)C)NC(=O)[C@@H](NC(=O)OC(C)(C)C)[C@@H]1OC(C)(C)O[C@H]1CO)C(=O)O. The molecule has 1 aliphatic rings. The lowest BCUT2D eigenvalue weighted by Crippen LogP contribution is -2.61. The van der Waals surface area contributed by atoms with Gasteiger partial charge in [0.05, 0.1) is 6.61 Å². The van der Waals surface area contributed by atoms with Crippen LogP contribution in [0.3, 0.4) is 0 Å². The van der Waals surface area contributed by atoms with E-state index in [1.807, 2.05) is 27.7 Å². The van der Waals surface area contributed by atoms with Crippen LogP contribution < -0.4 is 16.0 Å². The molecule has 0 spiro atoms. The molecular formula is C25H45N3O9. The molecule has 0 bridgehead atoms. The van der Waals surface area contributed by atoms with E-state index in [9.17, 15) is 29.4 Å². The lowest BCUT2D eigenvalue weighted by Gasteiger charge is -2.30. The molecule has 0 unspecified atom stereocenters. The van der Waals surface area contributed by atoms with Crippen LogP contribution in [0, 0.1) is 11.8 Å². The third-order valence-corrected chi connectivity index (χ3v) is 5.35. The molecule has 12 heteroatoms. The second-order valence-electron chi connectivity index (χ2n) is 11.7. The first-order valence-electron chi connectivity index (χ1n) is 12.6. The summed E-state index contributed by atoms with van der Waals surface area (Å²) in [5.74, 6) is -3.77. The molecule has 0 saturated carbocycles. The van der Waals surface area contributed by atoms with Gasteiger partial charge in [0.25, 0.3) is 0 Å². The summed E-state index contributed by atoms with van der Waals surface area (Å²) in [6, 6.07) is -3.60. The Morgan fingerprint density at radius 3 is 1.86 bits per heavy atom. The van der Waals surface area contributed by atoms with E-state index in [1.165, 1.54) is 0 Å². The minimum absolute atomic E-state index is 0.0141. The van der Waals surface area contributed by atoms with Gasteiger partial charge in [-0.3, -0.25) is 9.59 Å². The van der Waals surface area contributed by atoms with E-state index in [0.29, 0.717) is 0 Å². The first-order chi connectivity index (χ1) is 16.8. The molecular weight excluding hydrogens is 486 g/mol. The van der Waals surface area contributed by atoms with E-state index in [2.05, 4.69) is 16.0 Å². The Kier molecular flexibility index (Phi) is 11.8. The molecule has 1 fully saturated rings. The first-order valence-corrected chi connectivity index (χ1v) is 12.6. The van der Waals surface area contributed by atoms with Gasteiger partial charge < -0.3 is 40.4 Å². The third kappa shape index (κ3) is 11.2. The van der Waals surface area contributed by atoms with Gasteiger partial charge in [-0.2, -0.15) is 0 Å². The summed E-state index contributed by atoms with van der Waals surface area (Å²) in [7, 11) is 0. The van der Waals surface area contributed by atoms with Crippen LogP contribution in [0.2, 0.25) is 0 Å². The number of rotatable bonds is 12. The van der Waals surface area contributed by atoms with Gasteiger partial charge in [0, 0.05) is 0 Å². The summed E-state index contributed by atoms with van der Waals surface area (Å²) in [5.41, 5.74) is -0.851. The van der Waals surface area contributed by atoms with Gasteiger partial charge in [-0.15, -0.1) is 0 Å². The number of carbonyl (C=O) groups excluding carboxylic acids is 3. The van der Waals surface area contributed by atoms with E-state index in [1.54, 1.807) is 34.6 Å². The summed E-state index contributed by atoms with van der Waals surface area (Å²) in [6.45, 7) is 15.1. The fourth-order valence-corrected chi connectivity index (χ4v) is 3.95. The van der Waals surface area contributed by atoms with Crippen LogP contribution in [0.4, 0.5) is 4.79 Å². The van der Waals surface area contributed by atoms with E-state index in [4.69, 9.17) is 14.2 Å². The van der Waals surface area contributed by atoms with Gasteiger partial charge in [-0.05, 0) is 59.3 Å². The highest BCUT2D eigenvalue weighted by molar-refractivity contribution is 5.93. The van der Waals surface area contributed by atoms with Crippen LogP contribution >= 0.6 is 0 Å². The number of alkyl carbamates (subject to hydrolysis) is 1. The minimum atomic E-state index is -1.39. The number of hydrogen-bond acceptors (Lipinski definition) is 8. The Bertz CT molecular complexity index is 808. The van der Waals surface area contributed by atoms with Crippen molar-refractivity contribution in [1.82, 2.24) is 16.0 Å². The Morgan fingerprint density at radius 2 is 1.41 bits per heavy atom. The maximum absolute atomic E-state index is 13.5. The molecule has 3 amide bonds. The summed E-state index contributed by atoms with van der Waals surface area (Å²) in [5, 5.41) is 27.0. The maximum Gasteiger partial charge on any atom is 0.408 e. The molecule has 0 aromatic rings. The zero-order valence-electron chi connectivity index (χ0n) is 23.4. The van der Waals surface area contributed by atoms with E-state index in [-0.39, 0.29) is 24.7 Å². The van der Waals surface area contributed by atoms with Gasteiger partial charge in [-0.25, -0.2) is 9.59 Å². The highest BCUT2D eigenvalue weighted by Gasteiger charge is 2.48. The monoisotopic (exact) mass is 531 g/mol. The van der Waals surface area contributed by atoms with Crippen molar-refractivity contribution in [1.29, 1.82) is 0 Å². The number of carbonyl (C=O) groups is 4. The molecule has 1 saturated heterocycles. The molecule has 12 nitrogen and oxygen atoms in total. The number of hydrogen-bond donors (Lipinski definition) is 5. The van der Waals surface area contributed by atoms with Gasteiger partial charge in [-0.1, -0.05) is 27.7 Å². The molecule has 5 N–H and O–H groups in total. The molecule has 1 aliphatic heterocycles. The number of amides is 3. The second-order valence-corrected chi connectivity index (χ2v) is 11.7. The topological polar surface area (TPSA) is 173 Å². The summed E-state index contributed by atoms with van der Waals surface area (Å²) in [6.07, 6.45) is -2.51. The Hall–Kier alpha value is -2.44. The second kappa shape index (κ2) is 13.4. The van der Waals surface area contributed by atoms with Crippen molar-refractivity contribution in [2.45, 2.75) is 117 Å². The number of carboxylic acids is 1. The fraction of sp³-hybridized carbons (Fsp3) is 0.840. The number of ether oxygens (including phenoxy) is 3. The third-order valence-electron chi connectivity index (χ3n) is 5.35. The zero-order valence-corrected chi connectivity index (χ0v) is 23.4. The Morgan fingerprint density at radius 1 is 0.892 bits per heavy atom. The van der Waals surface area contributed by atoms with Crippen LogP contribution in [-0.4, -0.2) is 82.4 Å². The van der Waals surface area contributed by atoms with Gasteiger partial charge in [0.1, 0.15) is 35.9 Å². The summed E-state index contributed by atoms with van der Waals surface area (Å²) >= 11 is 0. The van der Waals surface area contributed by atoms with Crippen molar-refractivity contribution in [2.24, 2.45) is 11.8 Å². The van der Waals surface area contributed by atoms with Crippen LogP contribution in [0.15, 0.2) is 0 Å². The van der Waals surface area contributed by atoms with Crippen molar-refractivity contribution >= 4 is 23.9 Å². The molecule has 0 aliphatic carbocycles. The Labute approximate surface area is 219 Å². The number of nitrogens with one attached hydrogen (secondary N) is 3. The molecule has 0 aromatic carbocycles. The zero-order chi connectivity index (χ0) is 28.7. The van der Waals surface area contributed by atoms with Gasteiger partial charge >= 0.3 is 12.1 Å². The lowest BCUT2D eigenvalue weighted by atomic mass is 9.99. The quantitative estimate of drug-likeness (QED) is 0.250. The minimum Gasteiger partial charge on any atom is -0.480 e. The van der Waals surface area contributed by atoms with Crippen molar-refractivity contribution in [3.8, 4) is 0 Å². The molecule has 1 heterocycles. The number of aliphatic carboxylic acids is 1. The van der Waals surface area contributed by atoms with Crippen molar-refractivity contribution in [3.05, 3.63) is 0 Å². The number of aliphatic hydroxyl groups is 1. The molecule has 5 atom stereocenters. The number of carboxylic acid groups (broad SMARTS) is 1. The van der Waals surface area contributed by atoms with Crippen molar-refractivity contribution < 1.29 is 43.6 Å². The van der Waals surface area contributed by atoms with Crippen molar-refractivity contribution in [3.63, 3.8) is 0 Å². The maximum atomic E-state index is 13.5. The van der Waals surface area contributed by atoms with Crippen LogP contribution in [0.1, 0.15) is 75.2 Å². The lowest BCUT2D eigenvalue weighted by molar-refractivity contribution is -0.153. The largest absolute Gasteiger partial charge is 0.480 e. The average Bonchev–Trinajstić information content (AvgIpc) is 3.03. The highest BCUT2D eigenvalue weighted by atomic mass is 16.8. The smallest absolute Gasteiger partial charge is 0.408 e. The van der Waals surface area contributed by atoms with Gasteiger partial charge in [0.2, 0.25) is 11.8 Å². The Balaban J connectivity index is 3.23. The van der Waals surface area contributed by atoms with E-state index < -0.39 is 72.2 Å². The fourth-order valence-electron chi connectivity index (χ4n) is 3.95. The molecule has 0 radical (unpaired) electrons. The van der Waals surface area contributed by atoms with Crippen molar-refractivity contribution in [2.75, 3.05) is 6.61 Å². The molecule has 1 rings (SSSR count). The first kappa shape index (κ1) is 32.6. The summed E-state index contributed by atoms with van der Waals surface area (Å²) < 4.78 is 16.8. The highest BCUT2D eigenvalue weighted by Crippen LogP contribution is 2.30. The average molecular weight is 532 g/mol. The van der Waals surface area contributed by atoms with Crippen LogP contribution in [-0.2, 0) is 28.6 Å². The predicted molar refractivity (Wildman–Crippen MR) is 134 cm³/mol. The molecule has 0 aromatic heterocycles. The molecule has 37 heavy (non-hydrogen) atoms. The molecule has 214 valence electrons. The van der Waals surface area contributed by atoms with Crippen LogP contribution in [0.5, 0.6) is 0 Å². The van der Waals surface area contributed by atoms with E-state index in [0.717, 1.165) is 0 Å².